The number of hydrogen-bond acceptors (Lipinski definition) is 3. The Hall–Kier alpha value is -4.31. The molecule has 38 heavy (non-hydrogen) atoms. The number of aromatic nitrogens is 2. The molecule has 8 rings (SSSR count). The second-order valence-corrected chi connectivity index (χ2v) is 11.0. The van der Waals surface area contributed by atoms with Crippen LogP contribution in [-0.4, -0.2) is 9.97 Å². The minimum Gasteiger partial charge on any atom is -0.242 e. The van der Waals surface area contributed by atoms with Gasteiger partial charge >= 0.3 is 0 Å². The summed E-state index contributed by atoms with van der Waals surface area (Å²) in [5.41, 5.74) is 7.47. The van der Waals surface area contributed by atoms with Crippen molar-refractivity contribution in [2.45, 2.75) is 0 Å². The molecule has 0 N–H and O–H groups in total. The minimum atomic E-state index is 0.710. The summed E-state index contributed by atoms with van der Waals surface area (Å²) in [5.74, 6) is 0. The van der Waals surface area contributed by atoms with Crippen molar-refractivity contribution >= 4 is 75.9 Å². The molecule has 178 valence electrons. The Morgan fingerprint density at radius 1 is 0.447 bits per heavy atom. The highest BCUT2D eigenvalue weighted by Gasteiger charge is 2.17. The molecule has 0 spiro atoms. The highest BCUT2D eigenvalue weighted by Crippen LogP contribution is 2.41. The van der Waals surface area contributed by atoms with Gasteiger partial charge in [0.25, 0.3) is 0 Å². The Labute approximate surface area is 227 Å². The Morgan fingerprint density at radius 3 is 1.63 bits per heavy atom. The molecule has 2 nitrogen and oxygen atoms in total. The van der Waals surface area contributed by atoms with Crippen LogP contribution in [0.25, 0.3) is 75.3 Å². The van der Waals surface area contributed by atoms with Crippen LogP contribution in [0.5, 0.6) is 0 Å². The van der Waals surface area contributed by atoms with Gasteiger partial charge in [-0.2, -0.15) is 0 Å². The second kappa shape index (κ2) is 8.35. The molecule has 4 heteroatoms. The molecule has 0 bridgehead atoms. The Morgan fingerprint density at radius 2 is 1.03 bits per heavy atom. The third-order valence-corrected chi connectivity index (χ3v) is 8.61. The van der Waals surface area contributed by atoms with Crippen molar-refractivity contribution in [3.05, 3.63) is 120 Å². The molecule has 0 aliphatic heterocycles. The standard InChI is InChI=1S/C34H19ClN2S/c35-24-13-16-30-29(19-24)33-34(38-30)37-32-28-18-23(21-9-5-2-6-10-21)12-15-26(28)25-14-11-22(17-27(25)31(32)36-33)20-7-3-1-4-8-20/h1-19H. The van der Waals surface area contributed by atoms with Crippen LogP contribution in [0.2, 0.25) is 5.02 Å². The predicted octanol–water partition coefficient (Wildman–Crippen LogP) is 10.3. The molecule has 0 aliphatic carbocycles. The molecule has 0 radical (unpaired) electrons. The first-order valence-corrected chi connectivity index (χ1v) is 13.7. The van der Waals surface area contributed by atoms with Gasteiger partial charge in [0.05, 0.1) is 11.0 Å². The number of thiophene rings is 1. The van der Waals surface area contributed by atoms with Crippen LogP contribution in [0.15, 0.2) is 115 Å². The summed E-state index contributed by atoms with van der Waals surface area (Å²) in [7, 11) is 0. The number of rotatable bonds is 2. The molecule has 2 aromatic heterocycles. The first-order valence-electron chi connectivity index (χ1n) is 12.5. The third-order valence-electron chi connectivity index (χ3n) is 7.32. The van der Waals surface area contributed by atoms with Gasteiger partial charge in [-0.3, -0.25) is 0 Å². The lowest BCUT2D eigenvalue weighted by molar-refractivity contribution is 1.46. The first kappa shape index (κ1) is 21.7. The summed E-state index contributed by atoms with van der Waals surface area (Å²) in [4.78, 5) is 11.5. The summed E-state index contributed by atoms with van der Waals surface area (Å²) in [6, 6.07) is 40.4. The van der Waals surface area contributed by atoms with E-state index in [1.807, 2.05) is 24.3 Å². The summed E-state index contributed by atoms with van der Waals surface area (Å²) < 4.78 is 1.14. The maximum atomic E-state index is 6.39. The molecular weight excluding hydrogens is 504 g/mol. The van der Waals surface area contributed by atoms with E-state index in [4.69, 9.17) is 21.6 Å². The number of benzene rings is 6. The van der Waals surface area contributed by atoms with Gasteiger partial charge in [0.2, 0.25) is 0 Å². The summed E-state index contributed by atoms with van der Waals surface area (Å²) in [6.07, 6.45) is 0. The molecule has 0 unspecified atom stereocenters. The molecule has 0 saturated carbocycles. The van der Waals surface area contributed by atoms with Gasteiger partial charge in [-0.1, -0.05) is 96.5 Å². The highest BCUT2D eigenvalue weighted by atomic mass is 35.5. The molecule has 0 aliphatic rings. The lowest BCUT2D eigenvalue weighted by Gasteiger charge is -2.13. The molecule has 0 fully saturated rings. The van der Waals surface area contributed by atoms with Crippen molar-refractivity contribution in [1.82, 2.24) is 9.97 Å². The van der Waals surface area contributed by atoms with E-state index in [0.717, 1.165) is 42.2 Å². The third kappa shape index (κ3) is 3.33. The number of fused-ring (bicyclic) bond motifs is 9. The fourth-order valence-electron chi connectivity index (χ4n) is 5.49. The molecule has 2 heterocycles. The SMILES string of the molecule is Clc1ccc2sc3nc4c5cc(-c6ccccc6)ccc5c5ccc(-c6ccccc6)cc5c4nc3c2c1. The van der Waals surface area contributed by atoms with Crippen molar-refractivity contribution < 1.29 is 0 Å². The average Bonchev–Trinajstić information content (AvgIpc) is 3.33. The Kier molecular flexibility index (Phi) is 4.78. The van der Waals surface area contributed by atoms with E-state index in [0.29, 0.717) is 5.02 Å². The topological polar surface area (TPSA) is 25.8 Å². The van der Waals surface area contributed by atoms with Crippen LogP contribution < -0.4 is 0 Å². The van der Waals surface area contributed by atoms with Gasteiger partial charge < -0.3 is 0 Å². The quantitative estimate of drug-likeness (QED) is 0.211. The van der Waals surface area contributed by atoms with Crippen LogP contribution in [0.4, 0.5) is 0 Å². The molecular formula is C34H19ClN2S. The second-order valence-electron chi connectivity index (χ2n) is 9.57. The van der Waals surface area contributed by atoms with E-state index in [1.54, 1.807) is 11.3 Å². The van der Waals surface area contributed by atoms with Crippen LogP contribution in [0, 0.1) is 0 Å². The van der Waals surface area contributed by atoms with Gasteiger partial charge in [-0.25, -0.2) is 9.97 Å². The lowest BCUT2D eigenvalue weighted by Crippen LogP contribution is -1.91. The lowest BCUT2D eigenvalue weighted by atomic mass is 9.93. The highest BCUT2D eigenvalue weighted by molar-refractivity contribution is 7.25. The van der Waals surface area contributed by atoms with Crippen molar-refractivity contribution in [3.63, 3.8) is 0 Å². The predicted molar refractivity (Wildman–Crippen MR) is 163 cm³/mol. The van der Waals surface area contributed by atoms with Crippen LogP contribution in [-0.2, 0) is 0 Å². The first-order chi connectivity index (χ1) is 18.7. The normalized spacial score (nSPS) is 11.8. The van der Waals surface area contributed by atoms with Crippen LogP contribution >= 0.6 is 22.9 Å². The molecule has 0 amide bonds. The fourth-order valence-corrected chi connectivity index (χ4v) is 6.66. The smallest absolute Gasteiger partial charge is 0.143 e. The molecule has 0 atom stereocenters. The van der Waals surface area contributed by atoms with Gasteiger partial charge in [-0.15, -0.1) is 11.3 Å². The fraction of sp³-hybridized carbons (Fsp3) is 0. The maximum absolute atomic E-state index is 6.39. The largest absolute Gasteiger partial charge is 0.242 e. The van der Waals surface area contributed by atoms with Gasteiger partial charge in [0.1, 0.15) is 10.3 Å². The van der Waals surface area contributed by atoms with Crippen LogP contribution in [0.1, 0.15) is 0 Å². The van der Waals surface area contributed by atoms with Crippen LogP contribution in [0.3, 0.4) is 0 Å². The number of halogens is 1. The summed E-state index contributed by atoms with van der Waals surface area (Å²) in [6.45, 7) is 0. The van der Waals surface area contributed by atoms with E-state index in [2.05, 4.69) is 91.0 Å². The van der Waals surface area contributed by atoms with E-state index in [9.17, 15) is 0 Å². The zero-order valence-corrected chi connectivity index (χ0v) is 21.7. The average molecular weight is 523 g/mol. The molecule has 6 aromatic carbocycles. The summed E-state index contributed by atoms with van der Waals surface area (Å²) in [5, 5.41) is 6.35. The van der Waals surface area contributed by atoms with Crippen molar-refractivity contribution in [2.24, 2.45) is 0 Å². The van der Waals surface area contributed by atoms with E-state index in [1.165, 1.54) is 33.0 Å². The Bertz CT molecular complexity index is 2180. The summed E-state index contributed by atoms with van der Waals surface area (Å²) >= 11 is 8.06. The zero-order valence-electron chi connectivity index (χ0n) is 20.2. The van der Waals surface area contributed by atoms with E-state index < -0.39 is 0 Å². The van der Waals surface area contributed by atoms with Crippen molar-refractivity contribution in [3.8, 4) is 22.3 Å². The monoisotopic (exact) mass is 522 g/mol. The van der Waals surface area contributed by atoms with Gasteiger partial charge in [-0.05, 0) is 63.4 Å². The Balaban J connectivity index is 1.54. The van der Waals surface area contributed by atoms with Crippen molar-refractivity contribution in [2.75, 3.05) is 0 Å². The van der Waals surface area contributed by atoms with Gasteiger partial charge in [0, 0.05) is 25.9 Å². The number of hydrogen-bond donors (Lipinski definition) is 0. The van der Waals surface area contributed by atoms with E-state index >= 15 is 0 Å². The van der Waals surface area contributed by atoms with E-state index in [-0.39, 0.29) is 0 Å². The molecule has 0 saturated heterocycles. The zero-order chi connectivity index (χ0) is 25.2. The minimum absolute atomic E-state index is 0.710. The molecule has 8 aromatic rings. The number of nitrogens with zero attached hydrogens (tertiary/aromatic N) is 2. The van der Waals surface area contributed by atoms with Crippen molar-refractivity contribution in [1.29, 1.82) is 0 Å². The van der Waals surface area contributed by atoms with Gasteiger partial charge in [0.15, 0.2) is 0 Å². The maximum Gasteiger partial charge on any atom is 0.143 e.